The lowest BCUT2D eigenvalue weighted by atomic mass is 9.83. The Morgan fingerprint density at radius 1 is 1.18 bits per heavy atom. The Bertz CT molecular complexity index is 1170. The molecule has 1 saturated carbocycles. The van der Waals surface area contributed by atoms with Crippen LogP contribution in [-0.2, 0) is 20.7 Å². The molecule has 1 amide bonds. The minimum atomic E-state index is -0.428. The number of rotatable bonds is 8. The Morgan fingerprint density at radius 3 is 2.68 bits per heavy atom. The van der Waals surface area contributed by atoms with Crippen LogP contribution in [0.25, 0.3) is 10.1 Å². The van der Waals surface area contributed by atoms with E-state index in [9.17, 15) is 9.59 Å². The molecule has 2 aromatic carbocycles. The topological polar surface area (TPSA) is 105 Å². The zero-order valence-electron chi connectivity index (χ0n) is 19.4. The second-order valence-corrected chi connectivity index (χ2v) is 9.73. The predicted molar refractivity (Wildman–Crippen MR) is 136 cm³/mol. The number of amides is 1. The second-order valence-electron chi connectivity index (χ2n) is 8.82. The minimum Gasteiger partial charge on any atom is -0.466 e. The maximum absolute atomic E-state index is 13.8. The molecule has 3 aromatic rings. The number of nitrogen functional groups attached to an aromatic ring is 1. The average Bonchev–Trinajstić information content (AvgIpc) is 3.26. The van der Waals surface area contributed by atoms with Crippen molar-refractivity contribution >= 4 is 39.1 Å². The fraction of sp³-hybridized carbons (Fsp3) is 0.370. The molecule has 0 bridgehead atoms. The first-order valence-corrected chi connectivity index (χ1v) is 12.7. The van der Waals surface area contributed by atoms with E-state index >= 15 is 0 Å². The summed E-state index contributed by atoms with van der Waals surface area (Å²) in [6, 6.07) is 15.4. The highest BCUT2D eigenvalue weighted by molar-refractivity contribution is 7.17. The average molecular weight is 478 g/mol. The lowest BCUT2D eigenvalue weighted by molar-refractivity contribution is -0.150. The zero-order chi connectivity index (χ0) is 24.1. The molecule has 1 aromatic heterocycles. The zero-order valence-corrected chi connectivity index (χ0v) is 20.2. The first-order valence-electron chi connectivity index (χ1n) is 11.8. The third-order valence-corrected chi connectivity index (χ3v) is 7.55. The number of carbonyl (C=O) groups excluding carboxylic acids is 2. The van der Waals surface area contributed by atoms with Gasteiger partial charge < -0.3 is 15.8 Å². The highest BCUT2D eigenvalue weighted by atomic mass is 32.1. The molecule has 3 atom stereocenters. The van der Waals surface area contributed by atoms with Crippen molar-refractivity contribution in [3.8, 4) is 0 Å². The van der Waals surface area contributed by atoms with Gasteiger partial charge in [0.25, 0.3) is 0 Å². The van der Waals surface area contributed by atoms with Gasteiger partial charge in [-0.25, -0.2) is 0 Å². The van der Waals surface area contributed by atoms with Crippen LogP contribution in [0.3, 0.4) is 0 Å². The summed E-state index contributed by atoms with van der Waals surface area (Å²) in [6.45, 7) is 2.15. The molecule has 0 saturated heterocycles. The lowest BCUT2D eigenvalue weighted by Gasteiger charge is -2.32. The van der Waals surface area contributed by atoms with Gasteiger partial charge in [-0.2, -0.15) is 0 Å². The van der Waals surface area contributed by atoms with Gasteiger partial charge in [0.1, 0.15) is 5.84 Å². The van der Waals surface area contributed by atoms with Crippen LogP contribution in [0.1, 0.15) is 55.2 Å². The molecule has 1 aliphatic rings. The molecular weight excluding hydrogens is 446 g/mol. The highest BCUT2D eigenvalue weighted by Gasteiger charge is 2.35. The lowest BCUT2D eigenvalue weighted by Crippen LogP contribution is -2.47. The molecule has 1 heterocycles. The van der Waals surface area contributed by atoms with E-state index in [0.717, 1.165) is 46.9 Å². The van der Waals surface area contributed by atoms with Gasteiger partial charge in [0.2, 0.25) is 5.91 Å². The molecule has 4 N–H and O–H groups in total. The van der Waals surface area contributed by atoms with E-state index in [1.807, 2.05) is 53.9 Å². The number of hydrogen-bond acceptors (Lipinski definition) is 5. The van der Waals surface area contributed by atoms with E-state index in [1.165, 1.54) is 0 Å². The fourth-order valence-electron chi connectivity index (χ4n) is 4.80. The molecule has 0 spiro atoms. The first-order chi connectivity index (χ1) is 16.5. The molecule has 6 nitrogen and oxygen atoms in total. The second kappa shape index (κ2) is 10.8. The van der Waals surface area contributed by atoms with Crippen molar-refractivity contribution in [3.05, 3.63) is 70.6 Å². The quantitative estimate of drug-likeness (QED) is 0.247. The van der Waals surface area contributed by atoms with Crippen molar-refractivity contribution in [1.82, 2.24) is 5.32 Å². The van der Waals surface area contributed by atoms with Crippen molar-refractivity contribution in [2.45, 2.75) is 51.0 Å². The number of amidine groups is 1. The maximum Gasteiger partial charge on any atom is 0.311 e. The van der Waals surface area contributed by atoms with Gasteiger partial charge in [-0.15, -0.1) is 11.3 Å². The molecule has 178 valence electrons. The summed E-state index contributed by atoms with van der Waals surface area (Å²) in [5.41, 5.74) is 8.37. The molecule has 2 unspecified atom stereocenters. The van der Waals surface area contributed by atoms with E-state index in [1.54, 1.807) is 18.3 Å². The fourth-order valence-corrected chi connectivity index (χ4v) is 5.79. The van der Waals surface area contributed by atoms with E-state index < -0.39 is 5.92 Å². The van der Waals surface area contributed by atoms with Crippen LogP contribution in [0.15, 0.2) is 53.9 Å². The van der Waals surface area contributed by atoms with E-state index in [2.05, 4.69) is 5.32 Å². The summed E-state index contributed by atoms with van der Waals surface area (Å²) in [5, 5.41) is 14.0. The van der Waals surface area contributed by atoms with Gasteiger partial charge in [-0.05, 0) is 66.3 Å². The molecule has 4 rings (SSSR count). The number of carbonyl (C=O) groups is 2. The van der Waals surface area contributed by atoms with Crippen LogP contribution >= 0.6 is 11.3 Å². The van der Waals surface area contributed by atoms with Crippen LogP contribution in [0, 0.1) is 11.3 Å². The van der Waals surface area contributed by atoms with Crippen LogP contribution in [-0.4, -0.2) is 30.4 Å². The normalized spacial score (nSPS) is 18.9. The van der Waals surface area contributed by atoms with Crippen LogP contribution in [0.4, 0.5) is 0 Å². The standard InChI is InChI=1S/C27H31N3O3S/c1-2-33-27(32)19-10-6-7-11-23(19)30-26(31)21(14-17-8-4-3-5-9-17)22-16-34-24-13-12-18(25(28)29)15-20(22)24/h3-5,8-9,12-13,15-16,19,21,23H,2,6-7,10-11,14H2,1H3,(H3,28,29)(H,30,31)/t19-,21?,23?/m1/s1. The number of benzene rings is 2. The number of thiophene rings is 1. The first kappa shape index (κ1) is 24.0. The molecule has 0 radical (unpaired) electrons. The van der Waals surface area contributed by atoms with Crippen molar-refractivity contribution in [1.29, 1.82) is 5.41 Å². The summed E-state index contributed by atoms with van der Waals surface area (Å²) in [5.74, 6) is -1.04. The van der Waals surface area contributed by atoms with E-state index in [-0.39, 0.29) is 29.7 Å². The maximum atomic E-state index is 13.8. The van der Waals surface area contributed by atoms with Gasteiger partial charge in [0, 0.05) is 16.3 Å². The summed E-state index contributed by atoms with van der Waals surface area (Å²) in [7, 11) is 0. The van der Waals surface area contributed by atoms with Gasteiger partial charge >= 0.3 is 5.97 Å². The SMILES string of the molecule is CCOC(=O)[C@@H]1CCCCC1NC(=O)C(Cc1ccccc1)c1csc2ccc(C(=N)N)cc12. The Balaban J connectivity index is 1.67. The monoisotopic (exact) mass is 477 g/mol. The molecule has 7 heteroatoms. The predicted octanol–water partition coefficient (Wildman–Crippen LogP) is 4.75. The van der Waals surface area contributed by atoms with Crippen molar-refractivity contribution < 1.29 is 14.3 Å². The third-order valence-electron chi connectivity index (χ3n) is 6.57. The van der Waals surface area contributed by atoms with Crippen molar-refractivity contribution in [2.24, 2.45) is 11.7 Å². The van der Waals surface area contributed by atoms with Gasteiger partial charge in [0.15, 0.2) is 0 Å². The van der Waals surface area contributed by atoms with E-state index in [0.29, 0.717) is 18.6 Å². The molecular formula is C27H31N3O3S. The largest absolute Gasteiger partial charge is 0.466 e. The Labute approximate surface area is 204 Å². The smallest absolute Gasteiger partial charge is 0.311 e. The summed E-state index contributed by atoms with van der Waals surface area (Å²) in [4.78, 5) is 26.3. The summed E-state index contributed by atoms with van der Waals surface area (Å²) < 4.78 is 6.34. The molecule has 34 heavy (non-hydrogen) atoms. The highest BCUT2D eigenvalue weighted by Crippen LogP contribution is 2.35. The minimum absolute atomic E-state index is 0.00240. The number of ether oxygens (including phenoxy) is 1. The van der Waals surface area contributed by atoms with Gasteiger partial charge in [0.05, 0.1) is 18.4 Å². The van der Waals surface area contributed by atoms with Crippen LogP contribution in [0.5, 0.6) is 0 Å². The number of esters is 1. The Morgan fingerprint density at radius 2 is 1.94 bits per heavy atom. The van der Waals surface area contributed by atoms with Crippen molar-refractivity contribution in [3.63, 3.8) is 0 Å². The van der Waals surface area contributed by atoms with E-state index in [4.69, 9.17) is 15.9 Å². The van der Waals surface area contributed by atoms with Crippen molar-refractivity contribution in [2.75, 3.05) is 6.61 Å². The summed E-state index contributed by atoms with van der Waals surface area (Å²) in [6.07, 6.45) is 3.99. The van der Waals surface area contributed by atoms with Gasteiger partial charge in [-0.3, -0.25) is 15.0 Å². The number of nitrogens with two attached hydrogens (primary N) is 1. The molecule has 1 fully saturated rings. The number of hydrogen-bond donors (Lipinski definition) is 3. The molecule has 0 aliphatic heterocycles. The van der Waals surface area contributed by atoms with Crippen LogP contribution in [0.2, 0.25) is 0 Å². The Hall–Kier alpha value is -3.19. The molecule has 1 aliphatic carbocycles. The van der Waals surface area contributed by atoms with Crippen LogP contribution < -0.4 is 11.1 Å². The number of fused-ring (bicyclic) bond motifs is 1. The number of nitrogens with one attached hydrogen (secondary N) is 2. The Kier molecular flexibility index (Phi) is 7.63. The van der Waals surface area contributed by atoms with Gasteiger partial charge in [-0.1, -0.05) is 43.2 Å². The third kappa shape index (κ3) is 5.30. The summed E-state index contributed by atoms with van der Waals surface area (Å²) >= 11 is 1.58.